The maximum atomic E-state index is 6.35. The van der Waals surface area contributed by atoms with E-state index in [0.29, 0.717) is 12.1 Å². The van der Waals surface area contributed by atoms with Gasteiger partial charge < -0.3 is 14.8 Å². The zero-order valence-corrected chi connectivity index (χ0v) is 12.0. The summed E-state index contributed by atoms with van der Waals surface area (Å²) in [5.74, 6) is 0. The third-order valence-corrected chi connectivity index (χ3v) is 4.55. The van der Waals surface area contributed by atoms with Crippen LogP contribution in [0.5, 0.6) is 0 Å². The standard InChI is InChI=1S/C15H29NO2/c1-13(7-11-17-2)16-12-14-6-10-15(18-14)8-4-3-5-9-15/h13-14,16H,3-12H2,1-2H3. The van der Waals surface area contributed by atoms with Crippen LogP contribution in [0.1, 0.15) is 58.3 Å². The van der Waals surface area contributed by atoms with Crippen molar-refractivity contribution in [2.75, 3.05) is 20.3 Å². The first-order chi connectivity index (χ1) is 8.74. The van der Waals surface area contributed by atoms with E-state index < -0.39 is 0 Å². The number of hydrogen-bond acceptors (Lipinski definition) is 3. The Labute approximate surface area is 112 Å². The van der Waals surface area contributed by atoms with E-state index >= 15 is 0 Å². The van der Waals surface area contributed by atoms with Crippen molar-refractivity contribution in [1.82, 2.24) is 5.32 Å². The molecule has 0 aromatic rings. The van der Waals surface area contributed by atoms with Gasteiger partial charge in [-0.2, -0.15) is 0 Å². The van der Waals surface area contributed by atoms with Gasteiger partial charge in [-0.3, -0.25) is 0 Å². The molecule has 3 heteroatoms. The Kier molecular flexibility index (Phi) is 5.46. The average Bonchev–Trinajstić information content (AvgIpc) is 2.78. The van der Waals surface area contributed by atoms with Gasteiger partial charge in [-0.25, -0.2) is 0 Å². The van der Waals surface area contributed by atoms with Crippen molar-refractivity contribution >= 4 is 0 Å². The molecule has 0 aromatic heterocycles. The smallest absolute Gasteiger partial charge is 0.0708 e. The van der Waals surface area contributed by atoms with Crippen LogP contribution in [0.25, 0.3) is 0 Å². The van der Waals surface area contributed by atoms with Crippen molar-refractivity contribution in [3.05, 3.63) is 0 Å². The van der Waals surface area contributed by atoms with Crippen molar-refractivity contribution in [2.24, 2.45) is 0 Å². The molecule has 2 unspecified atom stereocenters. The number of hydrogen-bond donors (Lipinski definition) is 1. The molecular formula is C15H29NO2. The van der Waals surface area contributed by atoms with Gasteiger partial charge in [-0.1, -0.05) is 19.3 Å². The maximum absolute atomic E-state index is 6.35. The lowest BCUT2D eigenvalue weighted by Crippen LogP contribution is -2.37. The molecule has 1 aliphatic heterocycles. The second-order valence-electron chi connectivity index (χ2n) is 6.11. The molecule has 3 nitrogen and oxygen atoms in total. The molecule has 1 saturated heterocycles. The van der Waals surface area contributed by atoms with Crippen molar-refractivity contribution in [3.63, 3.8) is 0 Å². The normalized spacial score (nSPS) is 28.7. The first-order valence-corrected chi connectivity index (χ1v) is 7.64. The van der Waals surface area contributed by atoms with Crippen molar-refractivity contribution < 1.29 is 9.47 Å². The van der Waals surface area contributed by atoms with Gasteiger partial charge in [0, 0.05) is 26.3 Å². The SMILES string of the molecule is COCCC(C)NCC1CCC2(CCCCC2)O1. The Morgan fingerprint density at radius 2 is 2.06 bits per heavy atom. The number of nitrogens with one attached hydrogen (secondary N) is 1. The van der Waals surface area contributed by atoms with Gasteiger partial charge in [0.15, 0.2) is 0 Å². The van der Waals surface area contributed by atoms with Gasteiger partial charge in [-0.15, -0.1) is 0 Å². The molecule has 1 aliphatic carbocycles. The Morgan fingerprint density at radius 1 is 1.28 bits per heavy atom. The fourth-order valence-corrected chi connectivity index (χ4v) is 3.33. The van der Waals surface area contributed by atoms with Crippen LogP contribution in [0.15, 0.2) is 0 Å². The Balaban J connectivity index is 1.66. The average molecular weight is 255 g/mol. The van der Waals surface area contributed by atoms with Crippen molar-refractivity contribution in [1.29, 1.82) is 0 Å². The summed E-state index contributed by atoms with van der Waals surface area (Å²) in [6, 6.07) is 0.524. The highest BCUT2D eigenvalue weighted by Crippen LogP contribution is 2.41. The third-order valence-electron chi connectivity index (χ3n) is 4.55. The van der Waals surface area contributed by atoms with Gasteiger partial charge in [0.2, 0.25) is 0 Å². The molecule has 0 bridgehead atoms. The third kappa shape index (κ3) is 3.94. The van der Waals surface area contributed by atoms with Gasteiger partial charge in [0.05, 0.1) is 11.7 Å². The topological polar surface area (TPSA) is 30.5 Å². The predicted molar refractivity (Wildman–Crippen MR) is 73.9 cm³/mol. The van der Waals surface area contributed by atoms with Crippen LogP contribution >= 0.6 is 0 Å². The van der Waals surface area contributed by atoms with Crippen molar-refractivity contribution in [3.8, 4) is 0 Å². The molecule has 0 amide bonds. The van der Waals surface area contributed by atoms with Gasteiger partial charge in [0.25, 0.3) is 0 Å². The highest BCUT2D eigenvalue weighted by Gasteiger charge is 2.40. The molecule has 1 heterocycles. The summed E-state index contributed by atoms with van der Waals surface area (Å²) in [5, 5.41) is 3.58. The van der Waals surface area contributed by atoms with Crippen LogP contribution in [-0.2, 0) is 9.47 Å². The lowest BCUT2D eigenvalue weighted by Gasteiger charge is -2.33. The van der Waals surface area contributed by atoms with E-state index in [4.69, 9.17) is 9.47 Å². The van der Waals surface area contributed by atoms with E-state index in [0.717, 1.165) is 19.6 Å². The molecule has 2 aliphatic rings. The Bertz CT molecular complexity index is 239. The minimum atomic E-state index is 0.264. The van der Waals surface area contributed by atoms with E-state index in [-0.39, 0.29) is 5.60 Å². The van der Waals surface area contributed by atoms with E-state index in [9.17, 15) is 0 Å². The summed E-state index contributed by atoms with van der Waals surface area (Å²) in [6.07, 6.45) is 10.8. The van der Waals surface area contributed by atoms with Crippen LogP contribution in [0.4, 0.5) is 0 Å². The van der Waals surface area contributed by atoms with Crippen LogP contribution < -0.4 is 5.32 Å². The minimum Gasteiger partial charge on any atom is -0.385 e. The summed E-state index contributed by atoms with van der Waals surface area (Å²) in [5.41, 5.74) is 0.264. The molecular weight excluding hydrogens is 226 g/mol. The highest BCUT2D eigenvalue weighted by atomic mass is 16.5. The zero-order chi connectivity index (χ0) is 12.8. The molecule has 18 heavy (non-hydrogen) atoms. The Morgan fingerprint density at radius 3 is 2.78 bits per heavy atom. The molecule has 2 fully saturated rings. The molecule has 2 rings (SSSR count). The monoisotopic (exact) mass is 255 g/mol. The predicted octanol–water partition coefficient (Wildman–Crippen LogP) is 2.88. The number of methoxy groups -OCH3 is 1. The molecule has 106 valence electrons. The summed E-state index contributed by atoms with van der Waals surface area (Å²) < 4.78 is 11.5. The molecule has 1 N–H and O–H groups in total. The van der Waals surface area contributed by atoms with Crippen molar-refractivity contribution in [2.45, 2.75) is 76.0 Å². The first kappa shape index (κ1) is 14.3. The summed E-state index contributed by atoms with van der Waals surface area (Å²) >= 11 is 0. The number of rotatable bonds is 6. The molecule has 1 spiro atoms. The first-order valence-electron chi connectivity index (χ1n) is 7.64. The number of ether oxygens (including phenoxy) is 2. The van der Waals surface area contributed by atoms with Crippen LogP contribution in [0.2, 0.25) is 0 Å². The lowest BCUT2D eigenvalue weighted by atomic mass is 9.83. The van der Waals surface area contributed by atoms with E-state index in [1.54, 1.807) is 7.11 Å². The lowest BCUT2D eigenvalue weighted by molar-refractivity contribution is -0.0629. The van der Waals surface area contributed by atoms with Crippen LogP contribution in [0.3, 0.4) is 0 Å². The van der Waals surface area contributed by atoms with Crippen LogP contribution in [0, 0.1) is 0 Å². The quantitative estimate of drug-likeness (QED) is 0.791. The highest BCUT2D eigenvalue weighted by molar-refractivity contribution is 4.91. The molecule has 0 radical (unpaired) electrons. The van der Waals surface area contributed by atoms with E-state index in [2.05, 4.69) is 12.2 Å². The van der Waals surface area contributed by atoms with Gasteiger partial charge in [0.1, 0.15) is 0 Å². The van der Waals surface area contributed by atoms with E-state index in [1.807, 2.05) is 0 Å². The fourth-order valence-electron chi connectivity index (χ4n) is 3.33. The second-order valence-corrected chi connectivity index (χ2v) is 6.11. The maximum Gasteiger partial charge on any atom is 0.0708 e. The fraction of sp³-hybridized carbons (Fsp3) is 1.00. The van der Waals surface area contributed by atoms with Crippen LogP contribution in [-0.4, -0.2) is 38.0 Å². The van der Waals surface area contributed by atoms with E-state index in [1.165, 1.54) is 44.9 Å². The summed E-state index contributed by atoms with van der Waals surface area (Å²) in [7, 11) is 1.76. The molecule has 2 atom stereocenters. The second kappa shape index (κ2) is 6.88. The summed E-state index contributed by atoms with van der Waals surface area (Å²) in [4.78, 5) is 0. The van der Waals surface area contributed by atoms with Gasteiger partial charge in [-0.05, 0) is 39.0 Å². The van der Waals surface area contributed by atoms with Gasteiger partial charge >= 0.3 is 0 Å². The molecule has 0 aromatic carbocycles. The minimum absolute atomic E-state index is 0.264. The summed E-state index contributed by atoms with van der Waals surface area (Å²) in [6.45, 7) is 4.07. The molecule has 1 saturated carbocycles. The zero-order valence-electron chi connectivity index (χ0n) is 12.0. The Hall–Kier alpha value is -0.120. The largest absolute Gasteiger partial charge is 0.385 e.